The Labute approximate surface area is 219 Å². The second kappa shape index (κ2) is 10.7. The number of thiophene rings is 1. The molecular weight excluding hydrogens is 488 g/mol. The lowest BCUT2D eigenvalue weighted by molar-refractivity contribution is -0.122. The van der Waals surface area contributed by atoms with Crippen LogP contribution in [0.4, 0.5) is 5.82 Å². The monoisotopic (exact) mass is 516 g/mol. The summed E-state index contributed by atoms with van der Waals surface area (Å²) in [5, 5.41) is 10.0. The van der Waals surface area contributed by atoms with Gasteiger partial charge in [-0.2, -0.15) is 5.10 Å². The van der Waals surface area contributed by atoms with Crippen molar-refractivity contribution in [2.45, 2.75) is 25.5 Å². The smallest absolute Gasteiger partial charge is 0.240 e. The van der Waals surface area contributed by atoms with Crippen LogP contribution in [0.2, 0.25) is 0 Å². The molecule has 0 radical (unpaired) electrons. The highest BCUT2D eigenvalue weighted by Gasteiger charge is 2.38. The lowest BCUT2D eigenvalue weighted by Crippen LogP contribution is -2.42. The first-order valence-electron chi connectivity index (χ1n) is 12.0. The summed E-state index contributed by atoms with van der Waals surface area (Å²) in [5.41, 5.74) is 4.72. The van der Waals surface area contributed by atoms with Crippen molar-refractivity contribution >= 4 is 40.7 Å². The summed E-state index contributed by atoms with van der Waals surface area (Å²) in [6.45, 7) is 4.58. The van der Waals surface area contributed by atoms with Crippen LogP contribution in [0, 0.1) is 6.92 Å². The minimum absolute atomic E-state index is 0.0463. The highest BCUT2D eigenvalue weighted by Crippen LogP contribution is 2.49. The Kier molecular flexibility index (Phi) is 7.25. The van der Waals surface area contributed by atoms with Crippen LogP contribution in [0.5, 0.6) is 0 Å². The highest BCUT2D eigenvalue weighted by atomic mass is 32.2. The van der Waals surface area contributed by atoms with Gasteiger partial charge in [0.1, 0.15) is 12.4 Å². The van der Waals surface area contributed by atoms with Crippen LogP contribution < -0.4 is 10.2 Å². The molecule has 1 aliphatic heterocycles. The number of fused-ring (bicyclic) bond motifs is 1. The van der Waals surface area contributed by atoms with Crippen molar-refractivity contribution in [1.82, 2.24) is 15.1 Å². The quantitative estimate of drug-likeness (QED) is 0.347. The van der Waals surface area contributed by atoms with Gasteiger partial charge in [0, 0.05) is 22.5 Å². The number of aryl methyl sites for hydroxylation is 1. The molecule has 0 spiro atoms. The van der Waals surface area contributed by atoms with Gasteiger partial charge in [0.2, 0.25) is 11.8 Å². The van der Waals surface area contributed by atoms with E-state index < -0.39 is 0 Å². The molecule has 2 amide bonds. The normalized spacial score (nSPS) is 15.4. The molecular formula is C28H28N4O2S2. The standard InChI is InChI=1S/C28H28N4O2S2/c1-3-14-29-23(33)17-31-24(34)18-36-27(22-13-8-15-35-22)25-26(20-10-5-4-6-11-20)30-32(28(25)31)21-12-7-9-19(2)16-21/h4-13,15-16,27H,3,14,17-18H2,1-2H3,(H,29,33)/t27-/m1/s1. The number of benzene rings is 2. The maximum Gasteiger partial charge on any atom is 0.240 e. The molecule has 0 fully saturated rings. The molecule has 1 aliphatic rings. The Morgan fingerprint density at radius 3 is 2.67 bits per heavy atom. The summed E-state index contributed by atoms with van der Waals surface area (Å²) in [6, 6.07) is 22.3. The van der Waals surface area contributed by atoms with E-state index in [1.807, 2.05) is 73.1 Å². The van der Waals surface area contributed by atoms with E-state index in [0.717, 1.165) is 39.4 Å². The van der Waals surface area contributed by atoms with E-state index in [0.29, 0.717) is 12.4 Å². The lowest BCUT2D eigenvalue weighted by atomic mass is 10.0. The van der Waals surface area contributed by atoms with Crippen molar-refractivity contribution in [2.24, 2.45) is 0 Å². The highest BCUT2D eigenvalue weighted by molar-refractivity contribution is 8.00. The van der Waals surface area contributed by atoms with Gasteiger partial charge >= 0.3 is 0 Å². The molecule has 0 saturated heterocycles. The Hall–Kier alpha value is -3.36. The molecule has 8 heteroatoms. The van der Waals surface area contributed by atoms with E-state index >= 15 is 0 Å². The Morgan fingerprint density at radius 2 is 1.94 bits per heavy atom. The molecule has 0 saturated carbocycles. The first-order valence-corrected chi connectivity index (χ1v) is 14.0. The topological polar surface area (TPSA) is 67.2 Å². The molecule has 36 heavy (non-hydrogen) atoms. The zero-order chi connectivity index (χ0) is 25.1. The first-order chi connectivity index (χ1) is 17.6. The number of hydrogen-bond donors (Lipinski definition) is 1. The summed E-state index contributed by atoms with van der Waals surface area (Å²) in [6.07, 6.45) is 0.834. The fourth-order valence-electron chi connectivity index (χ4n) is 4.40. The van der Waals surface area contributed by atoms with E-state index in [4.69, 9.17) is 5.10 Å². The second-order valence-corrected chi connectivity index (χ2v) is 10.8. The molecule has 0 unspecified atom stereocenters. The van der Waals surface area contributed by atoms with Crippen LogP contribution in [-0.2, 0) is 9.59 Å². The maximum absolute atomic E-state index is 13.6. The SMILES string of the molecule is CCCNC(=O)CN1C(=O)CS[C@H](c2cccs2)c2c(-c3ccccc3)nn(-c3cccc(C)c3)c21. The Bertz CT molecular complexity index is 1370. The number of thioether (sulfide) groups is 1. The van der Waals surface area contributed by atoms with Crippen LogP contribution in [0.15, 0.2) is 72.1 Å². The molecule has 184 valence electrons. The van der Waals surface area contributed by atoms with Gasteiger partial charge in [-0.3, -0.25) is 14.5 Å². The first kappa shape index (κ1) is 24.3. The number of aromatic nitrogens is 2. The van der Waals surface area contributed by atoms with Crippen molar-refractivity contribution in [1.29, 1.82) is 0 Å². The molecule has 0 bridgehead atoms. The minimum Gasteiger partial charge on any atom is -0.355 e. The molecule has 1 atom stereocenters. The molecule has 0 aliphatic carbocycles. The molecule has 5 rings (SSSR count). The van der Waals surface area contributed by atoms with Crippen LogP contribution >= 0.6 is 23.1 Å². The molecule has 2 aromatic carbocycles. The third-order valence-corrected chi connectivity index (χ3v) is 8.38. The summed E-state index contributed by atoms with van der Waals surface area (Å²) < 4.78 is 1.85. The molecule has 1 N–H and O–H groups in total. The summed E-state index contributed by atoms with van der Waals surface area (Å²) in [5.74, 6) is 0.675. The minimum atomic E-state index is -0.172. The zero-order valence-electron chi connectivity index (χ0n) is 20.3. The predicted octanol–water partition coefficient (Wildman–Crippen LogP) is 5.60. The number of carbonyl (C=O) groups is 2. The van der Waals surface area contributed by atoms with Crippen LogP contribution in [-0.4, -0.2) is 40.4 Å². The van der Waals surface area contributed by atoms with Crippen molar-refractivity contribution in [3.05, 3.63) is 88.1 Å². The van der Waals surface area contributed by atoms with E-state index in [9.17, 15) is 9.59 Å². The average Bonchev–Trinajstić information content (AvgIpc) is 3.53. The number of rotatable bonds is 7. The zero-order valence-corrected chi connectivity index (χ0v) is 21.9. The van der Waals surface area contributed by atoms with E-state index in [1.54, 1.807) is 28.0 Å². The fourth-order valence-corrected chi connectivity index (χ4v) is 6.57. The maximum atomic E-state index is 13.6. The van der Waals surface area contributed by atoms with Crippen molar-refractivity contribution < 1.29 is 9.59 Å². The summed E-state index contributed by atoms with van der Waals surface area (Å²) in [7, 11) is 0. The van der Waals surface area contributed by atoms with Crippen molar-refractivity contribution in [3.63, 3.8) is 0 Å². The van der Waals surface area contributed by atoms with E-state index in [-0.39, 0.29) is 29.4 Å². The van der Waals surface area contributed by atoms with Gasteiger partial charge in [-0.25, -0.2) is 4.68 Å². The number of carbonyl (C=O) groups excluding carboxylic acids is 2. The Morgan fingerprint density at radius 1 is 1.11 bits per heavy atom. The fraction of sp³-hybridized carbons (Fsp3) is 0.250. The second-order valence-electron chi connectivity index (χ2n) is 8.74. The predicted molar refractivity (Wildman–Crippen MR) is 148 cm³/mol. The third-order valence-electron chi connectivity index (χ3n) is 6.06. The Balaban J connectivity index is 1.77. The van der Waals surface area contributed by atoms with Gasteiger partial charge in [-0.15, -0.1) is 23.1 Å². The van der Waals surface area contributed by atoms with Gasteiger partial charge in [-0.1, -0.05) is 55.5 Å². The van der Waals surface area contributed by atoms with Gasteiger partial charge in [0.05, 0.1) is 22.4 Å². The number of amides is 2. The number of hydrogen-bond acceptors (Lipinski definition) is 5. The van der Waals surface area contributed by atoms with Gasteiger partial charge < -0.3 is 5.32 Å². The third kappa shape index (κ3) is 4.83. The molecule has 4 aromatic rings. The van der Waals surface area contributed by atoms with E-state index in [2.05, 4.69) is 22.8 Å². The number of nitrogens with zero attached hydrogens (tertiary/aromatic N) is 3. The van der Waals surface area contributed by atoms with Crippen molar-refractivity contribution in [3.8, 4) is 16.9 Å². The van der Waals surface area contributed by atoms with Crippen molar-refractivity contribution in [2.75, 3.05) is 23.7 Å². The number of nitrogens with one attached hydrogen (secondary N) is 1. The molecule has 6 nitrogen and oxygen atoms in total. The van der Waals surface area contributed by atoms with Gasteiger partial charge in [0.25, 0.3) is 0 Å². The summed E-state index contributed by atoms with van der Waals surface area (Å²) in [4.78, 5) is 29.3. The number of anilines is 1. The van der Waals surface area contributed by atoms with Crippen LogP contribution in [0.25, 0.3) is 16.9 Å². The average molecular weight is 517 g/mol. The molecule has 3 heterocycles. The van der Waals surface area contributed by atoms with Crippen LogP contribution in [0.1, 0.15) is 34.6 Å². The van der Waals surface area contributed by atoms with E-state index in [1.165, 1.54) is 0 Å². The van der Waals surface area contributed by atoms with Gasteiger partial charge in [-0.05, 0) is 42.5 Å². The molecule has 2 aromatic heterocycles. The summed E-state index contributed by atoms with van der Waals surface area (Å²) >= 11 is 3.27. The lowest BCUT2D eigenvalue weighted by Gasteiger charge is -2.23. The van der Waals surface area contributed by atoms with Gasteiger partial charge in [0.15, 0.2) is 0 Å². The van der Waals surface area contributed by atoms with Crippen LogP contribution in [0.3, 0.4) is 0 Å². The largest absolute Gasteiger partial charge is 0.355 e.